The number of carbonyl (C=O) groups is 1. The van der Waals surface area contributed by atoms with E-state index in [1.807, 2.05) is 0 Å². The van der Waals surface area contributed by atoms with Crippen molar-refractivity contribution in [3.63, 3.8) is 0 Å². The fourth-order valence-electron chi connectivity index (χ4n) is 4.01. The van der Waals surface area contributed by atoms with Crippen LogP contribution in [-0.2, 0) is 15.0 Å². The Labute approximate surface area is 140 Å². The molecule has 1 aliphatic heterocycles. The van der Waals surface area contributed by atoms with Gasteiger partial charge in [0.2, 0.25) is 5.91 Å². The molecule has 6 nitrogen and oxygen atoms in total. The minimum atomic E-state index is -3.63. The molecule has 7 heteroatoms. The van der Waals surface area contributed by atoms with Gasteiger partial charge in [-0.15, -0.1) is 0 Å². The van der Waals surface area contributed by atoms with Crippen LogP contribution >= 0.6 is 0 Å². The zero-order valence-corrected chi connectivity index (χ0v) is 15.4. The summed E-state index contributed by atoms with van der Waals surface area (Å²) < 4.78 is 23.9. The summed E-state index contributed by atoms with van der Waals surface area (Å²) in [4.78, 5) is 12.6. The van der Waals surface area contributed by atoms with Crippen LogP contribution in [0.3, 0.4) is 0 Å². The lowest BCUT2D eigenvalue weighted by atomic mass is 9.69. The van der Waals surface area contributed by atoms with E-state index in [4.69, 9.17) is 5.14 Å². The van der Waals surface area contributed by atoms with E-state index in [0.29, 0.717) is 31.8 Å². The first-order valence-electron chi connectivity index (χ1n) is 8.67. The molecule has 1 aliphatic carbocycles. The Morgan fingerprint density at radius 3 is 2.17 bits per heavy atom. The van der Waals surface area contributed by atoms with Crippen molar-refractivity contribution < 1.29 is 13.2 Å². The lowest BCUT2D eigenvalue weighted by molar-refractivity contribution is -0.127. The van der Waals surface area contributed by atoms with Crippen molar-refractivity contribution in [3.05, 3.63) is 0 Å². The largest absolute Gasteiger partial charge is 0.353 e. The number of nitrogens with two attached hydrogens (primary N) is 1. The van der Waals surface area contributed by atoms with E-state index in [1.54, 1.807) is 0 Å². The Balaban J connectivity index is 1.91. The molecule has 23 heavy (non-hydrogen) atoms. The minimum absolute atomic E-state index is 0.0835. The fraction of sp³-hybridized carbons (Fsp3) is 0.938. The summed E-state index contributed by atoms with van der Waals surface area (Å²) in [5.74, 6) is 0.487. The average Bonchev–Trinajstić information content (AvgIpc) is 2.46. The highest BCUT2D eigenvalue weighted by Crippen LogP contribution is 2.38. The second-order valence-corrected chi connectivity index (χ2v) is 9.64. The molecule has 1 saturated heterocycles. The van der Waals surface area contributed by atoms with E-state index in [0.717, 1.165) is 12.8 Å². The number of nitrogens with zero attached hydrogens (tertiary/aromatic N) is 1. The van der Waals surface area contributed by atoms with E-state index < -0.39 is 10.2 Å². The third-order valence-corrected chi connectivity index (χ3v) is 6.48. The van der Waals surface area contributed by atoms with E-state index in [9.17, 15) is 13.2 Å². The van der Waals surface area contributed by atoms with Crippen molar-refractivity contribution in [2.45, 2.75) is 65.3 Å². The standard InChI is InChI=1S/C16H31N3O3S/c1-16(2,3)13-6-4-5-7-14(13)18-15(20)12-8-10-19(11-9-12)23(17,21)22/h12-14H,4-11H2,1-3H3,(H,18,20)(H2,17,21,22)/t13-,14+/m0/s1. The molecule has 2 rings (SSSR count). The van der Waals surface area contributed by atoms with Crippen LogP contribution in [0.2, 0.25) is 0 Å². The number of piperidine rings is 1. The van der Waals surface area contributed by atoms with E-state index in [2.05, 4.69) is 26.1 Å². The molecular weight excluding hydrogens is 314 g/mol. The maximum atomic E-state index is 12.6. The first-order chi connectivity index (χ1) is 10.6. The van der Waals surface area contributed by atoms with Crippen LogP contribution < -0.4 is 10.5 Å². The highest BCUT2D eigenvalue weighted by atomic mass is 32.2. The minimum Gasteiger partial charge on any atom is -0.353 e. The maximum absolute atomic E-state index is 12.6. The van der Waals surface area contributed by atoms with Gasteiger partial charge >= 0.3 is 0 Å². The molecule has 2 aliphatic rings. The Bertz CT molecular complexity index is 519. The summed E-state index contributed by atoms with van der Waals surface area (Å²) in [6, 6.07) is 0.243. The van der Waals surface area contributed by atoms with Crippen LogP contribution in [0.4, 0.5) is 0 Å². The molecule has 1 saturated carbocycles. The third-order valence-electron chi connectivity index (χ3n) is 5.39. The molecule has 0 aromatic carbocycles. The highest BCUT2D eigenvalue weighted by molar-refractivity contribution is 7.86. The summed E-state index contributed by atoms with van der Waals surface area (Å²) in [5, 5.41) is 8.41. The van der Waals surface area contributed by atoms with Gasteiger partial charge in [0.25, 0.3) is 10.2 Å². The number of nitrogens with one attached hydrogen (secondary N) is 1. The van der Waals surface area contributed by atoms with Crippen molar-refractivity contribution in [3.8, 4) is 0 Å². The number of hydrogen-bond acceptors (Lipinski definition) is 3. The summed E-state index contributed by atoms with van der Waals surface area (Å²) in [6.45, 7) is 7.40. The predicted octanol–water partition coefficient (Wildman–Crippen LogP) is 1.62. The van der Waals surface area contributed by atoms with Gasteiger partial charge in [0.05, 0.1) is 0 Å². The molecule has 0 spiro atoms. The number of rotatable bonds is 3. The quantitative estimate of drug-likeness (QED) is 0.814. The monoisotopic (exact) mass is 345 g/mol. The second-order valence-electron chi connectivity index (χ2n) is 8.09. The van der Waals surface area contributed by atoms with Gasteiger partial charge in [-0.25, -0.2) is 5.14 Å². The molecule has 0 unspecified atom stereocenters. The summed E-state index contributed by atoms with van der Waals surface area (Å²) in [7, 11) is -3.63. The molecule has 0 radical (unpaired) electrons. The fourth-order valence-corrected chi connectivity index (χ4v) is 4.73. The second kappa shape index (κ2) is 7.07. The van der Waals surface area contributed by atoms with Gasteiger partial charge in [0.1, 0.15) is 0 Å². The molecule has 134 valence electrons. The predicted molar refractivity (Wildman–Crippen MR) is 90.7 cm³/mol. The Kier molecular flexibility index (Phi) is 5.74. The first-order valence-corrected chi connectivity index (χ1v) is 10.2. The molecular formula is C16H31N3O3S. The van der Waals surface area contributed by atoms with Crippen LogP contribution in [0, 0.1) is 17.3 Å². The number of hydrogen-bond donors (Lipinski definition) is 2. The average molecular weight is 346 g/mol. The Morgan fingerprint density at radius 1 is 1.09 bits per heavy atom. The normalized spacial score (nSPS) is 28.5. The topological polar surface area (TPSA) is 92.5 Å². The van der Waals surface area contributed by atoms with Gasteiger partial charge in [-0.2, -0.15) is 12.7 Å². The van der Waals surface area contributed by atoms with Gasteiger partial charge in [-0.1, -0.05) is 33.6 Å². The molecule has 0 aromatic rings. The van der Waals surface area contributed by atoms with E-state index in [-0.39, 0.29) is 23.3 Å². The molecule has 1 amide bonds. The van der Waals surface area contributed by atoms with E-state index in [1.165, 1.54) is 17.1 Å². The van der Waals surface area contributed by atoms with Crippen molar-refractivity contribution in [2.24, 2.45) is 22.4 Å². The van der Waals surface area contributed by atoms with Crippen LogP contribution in [0.1, 0.15) is 59.3 Å². The summed E-state index contributed by atoms with van der Waals surface area (Å²) in [6.07, 6.45) is 5.72. The van der Waals surface area contributed by atoms with Gasteiger partial charge in [-0.3, -0.25) is 4.79 Å². The van der Waals surface area contributed by atoms with Crippen LogP contribution in [-0.4, -0.2) is 37.8 Å². The van der Waals surface area contributed by atoms with Gasteiger partial charge in [0, 0.05) is 25.0 Å². The Morgan fingerprint density at radius 2 is 1.65 bits per heavy atom. The molecule has 1 heterocycles. The van der Waals surface area contributed by atoms with Gasteiger partial charge in [-0.05, 0) is 37.0 Å². The summed E-state index contributed by atoms with van der Waals surface area (Å²) >= 11 is 0. The van der Waals surface area contributed by atoms with Gasteiger partial charge in [0.15, 0.2) is 0 Å². The maximum Gasteiger partial charge on any atom is 0.276 e. The molecule has 0 aromatic heterocycles. The molecule has 0 bridgehead atoms. The first kappa shape index (κ1) is 18.7. The Hall–Kier alpha value is -0.660. The smallest absolute Gasteiger partial charge is 0.276 e. The van der Waals surface area contributed by atoms with E-state index >= 15 is 0 Å². The molecule has 3 N–H and O–H groups in total. The zero-order valence-electron chi connectivity index (χ0n) is 14.5. The number of carbonyl (C=O) groups excluding carboxylic acids is 1. The SMILES string of the molecule is CC(C)(C)[C@H]1CCCC[C@H]1NC(=O)C1CCN(S(N)(=O)=O)CC1. The van der Waals surface area contributed by atoms with Crippen molar-refractivity contribution in [2.75, 3.05) is 13.1 Å². The van der Waals surface area contributed by atoms with Crippen LogP contribution in [0.15, 0.2) is 0 Å². The van der Waals surface area contributed by atoms with Gasteiger partial charge < -0.3 is 5.32 Å². The lowest BCUT2D eigenvalue weighted by Gasteiger charge is -2.41. The summed E-state index contributed by atoms with van der Waals surface area (Å²) in [5.41, 5.74) is 0.190. The van der Waals surface area contributed by atoms with Crippen molar-refractivity contribution in [1.82, 2.24) is 9.62 Å². The molecule has 2 atom stereocenters. The molecule has 2 fully saturated rings. The lowest BCUT2D eigenvalue weighted by Crippen LogP contribution is -2.50. The highest BCUT2D eigenvalue weighted by Gasteiger charge is 2.36. The zero-order chi connectivity index (χ0) is 17.3. The number of amides is 1. The van der Waals surface area contributed by atoms with Crippen molar-refractivity contribution in [1.29, 1.82) is 0 Å². The van der Waals surface area contributed by atoms with Crippen molar-refractivity contribution >= 4 is 16.1 Å². The third kappa shape index (κ3) is 4.90. The van der Waals surface area contributed by atoms with Crippen LogP contribution in [0.5, 0.6) is 0 Å². The van der Waals surface area contributed by atoms with Crippen LogP contribution in [0.25, 0.3) is 0 Å².